The number of ether oxygens (including phenoxy) is 2. The number of hydrogen-bond acceptors (Lipinski definition) is 5. The standard InChI is InChI=1S/C26H29NO4/c1-3-4-5-18-6-8-19(9-7-18)20-10-12-21(13-11-20)25(28)31-23-15-14-22(17-27)24(16-23)26(29)30-2/h10-16,18-19H,3-9H2,1-2H3. The van der Waals surface area contributed by atoms with Crippen LogP contribution in [0.3, 0.4) is 0 Å². The van der Waals surface area contributed by atoms with Gasteiger partial charge in [0.25, 0.3) is 0 Å². The van der Waals surface area contributed by atoms with Crippen LogP contribution in [-0.4, -0.2) is 19.0 Å². The summed E-state index contributed by atoms with van der Waals surface area (Å²) in [7, 11) is 1.24. The summed E-state index contributed by atoms with van der Waals surface area (Å²) in [6.45, 7) is 2.25. The molecular formula is C26H29NO4. The number of unbranched alkanes of at least 4 members (excludes halogenated alkanes) is 1. The van der Waals surface area contributed by atoms with Gasteiger partial charge < -0.3 is 9.47 Å². The topological polar surface area (TPSA) is 76.4 Å². The van der Waals surface area contributed by atoms with Crippen molar-refractivity contribution in [2.75, 3.05) is 7.11 Å². The van der Waals surface area contributed by atoms with Crippen LogP contribution in [0.25, 0.3) is 0 Å². The molecule has 162 valence electrons. The quantitative estimate of drug-likeness (QED) is 0.405. The summed E-state index contributed by atoms with van der Waals surface area (Å²) in [5.41, 5.74) is 1.96. The number of nitriles is 1. The van der Waals surface area contributed by atoms with Gasteiger partial charge in [-0.2, -0.15) is 5.26 Å². The molecule has 0 bridgehead atoms. The molecule has 1 aliphatic rings. The first-order valence-corrected chi connectivity index (χ1v) is 11.0. The molecule has 0 heterocycles. The Morgan fingerprint density at radius 2 is 1.74 bits per heavy atom. The van der Waals surface area contributed by atoms with Crippen molar-refractivity contribution in [3.05, 3.63) is 64.7 Å². The molecule has 0 radical (unpaired) electrons. The molecule has 0 aliphatic heterocycles. The number of carbonyl (C=O) groups excluding carboxylic acids is 2. The molecule has 1 fully saturated rings. The van der Waals surface area contributed by atoms with Crippen LogP contribution in [0.2, 0.25) is 0 Å². The first-order chi connectivity index (χ1) is 15.0. The minimum atomic E-state index is -0.650. The predicted octanol–water partition coefficient (Wildman–Crippen LogP) is 6.03. The Morgan fingerprint density at radius 1 is 1.03 bits per heavy atom. The number of esters is 2. The normalized spacial score (nSPS) is 18.1. The highest BCUT2D eigenvalue weighted by Crippen LogP contribution is 2.37. The van der Waals surface area contributed by atoms with E-state index >= 15 is 0 Å². The summed E-state index contributed by atoms with van der Waals surface area (Å²) in [4.78, 5) is 24.4. The molecule has 2 aromatic rings. The van der Waals surface area contributed by atoms with E-state index in [9.17, 15) is 9.59 Å². The molecular weight excluding hydrogens is 390 g/mol. The van der Waals surface area contributed by atoms with Gasteiger partial charge in [-0.15, -0.1) is 0 Å². The summed E-state index contributed by atoms with van der Waals surface area (Å²) >= 11 is 0. The number of rotatable bonds is 7. The Labute approximate surface area is 184 Å². The maximum atomic E-state index is 12.5. The fourth-order valence-electron chi connectivity index (χ4n) is 4.30. The maximum absolute atomic E-state index is 12.5. The zero-order valence-electron chi connectivity index (χ0n) is 18.2. The minimum Gasteiger partial charge on any atom is -0.465 e. The Balaban J connectivity index is 1.62. The molecule has 2 aromatic carbocycles. The molecule has 31 heavy (non-hydrogen) atoms. The Hall–Kier alpha value is -3.13. The van der Waals surface area contributed by atoms with Gasteiger partial charge in [0, 0.05) is 0 Å². The predicted molar refractivity (Wildman–Crippen MR) is 118 cm³/mol. The average Bonchev–Trinajstić information content (AvgIpc) is 2.82. The van der Waals surface area contributed by atoms with Gasteiger partial charge in [-0.05, 0) is 73.4 Å². The summed E-state index contributed by atoms with van der Waals surface area (Å²) in [5, 5.41) is 9.13. The lowest BCUT2D eigenvalue weighted by Crippen LogP contribution is -2.14. The molecule has 0 saturated heterocycles. The van der Waals surface area contributed by atoms with E-state index < -0.39 is 11.9 Å². The largest absolute Gasteiger partial charge is 0.465 e. The van der Waals surface area contributed by atoms with Crippen molar-refractivity contribution in [2.45, 2.75) is 57.8 Å². The molecule has 1 saturated carbocycles. The lowest BCUT2D eigenvalue weighted by molar-refractivity contribution is 0.0597. The van der Waals surface area contributed by atoms with E-state index in [1.807, 2.05) is 18.2 Å². The smallest absolute Gasteiger partial charge is 0.343 e. The maximum Gasteiger partial charge on any atom is 0.343 e. The van der Waals surface area contributed by atoms with Crippen LogP contribution in [-0.2, 0) is 4.74 Å². The molecule has 1 aliphatic carbocycles. The lowest BCUT2D eigenvalue weighted by atomic mass is 9.77. The molecule has 5 heteroatoms. The Kier molecular flexibility index (Phi) is 7.83. The third-order valence-electron chi connectivity index (χ3n) is 6.16. The Bertz CT molecular complexity index is 950. The SMILES string of the molecule is CCCCC1CCC(c2ccc(C(=O)Oc3ccc(C#N)c(C(=O)OC)c3)cc2)CC1. The van der Waals surface area contributed by atoms with Gasteiger partial charge in [-0.3, -0.25) is 0 Å². The zero-order valence-corrected chi connectivity index (χ0v) is 18.2. The van der Waals surface area contributed by atoms with Crippen molar-refractivity contribution in [3.8, 4) is 11.8 Å². The molecule has 0 spiro atoms. The van der Waals surface area contributed by atoms with Crippen LogP contribution in [0, 0.1) is 17.2 Å². The van der Waals surface area contributed by atoms with Gasteiger partial charge in [-0.25, -0.2) is 9.59 Å². The zero-order chi connectivity index (χ0) is 22.2. The van der Waals surface area contributed by atoms with Crippen molar-refractivity contribution in [3.63, 3.8) is 0 Å². The van der Waals surface area contributed by atoms with Crippen LogP contribution in [0.5, 0.6) is 5.75 Å². The summed E-state index contributed by atoms with van der Waals surface area (Å²) in [6.07, 6.45) is 8.93. The third kappa shape index (κ3) is 5.73. The number of methoxy groups -OCH3 is 1. The Morgan fingerprint density at radius 3 is 2.35 bits per heavy atom. The van der Waals surface area contributed by atoms with Crippen molar-refractivity contribution in [2.24, 2.45) is 5.92 Å². The van der Waals surface area contributed by atoms with Crippen molar-refractivity contribution in [1.29, 1.82) is 5.26 Å². The van der Waals surface area contributed by atoms with Gasteiger partial charge in [0.05, 0.1) is 23.8 Å². The van der Waals surface area contributed by atoms with E-state index in [2.05, 4.69) is 11.7 Å². The number of carbonyl (C=O) groups is 2. The van der Waals surface area contributed by atoms with Crippen LogP contribution < -0.4 is 4.74 Å². The lowest BCUT2D eigenvalue weighted by Gasteiger charge is -2.28. The van der Waals surface area contributed by atoms with E-state index in [0.29, 0.717) is 11.5 Å². The van der Waals surface area contributed by atoms with Crippen molar-refractivity contribution < 1.29 is 19.1 Å². The van der Waals surface area contributed by atoms with Crippen LogP contribution >= 0.6 is 0 Å². The van der Waals surface area contributed by atoms with Gasteiger partial charge in [0.2, 0.25) is 0 Å². The van der Waals surface area contributed by atoms with Crippen LogP contribution in [0.4, 0.5) is 0 Å². The first-order valence-electron chi connectivity index (χ1n) is 11.0. The molecule has 0 N–H and O–H groups in total. The fourth-order valence-corrected chi connectivity index (χ4v) is 4.30. The number of hydrogen-bond donors (Lipinski definition) is 0. The monoisotopic (exact) mass is 419 g/mol. The highest BCUT2D eigenvalue weighted by molar-refractivity contribution is 5.94. The summed E-state index contributed by atoms with van der Waals surface area (Å²) in [5.74, 6) is 0.467. The second kappa shape index (κ2) is 10.8. The van der Waals surface area contributed by atoms with E-state index in [1.165, 1.54) is 75.8 Å². The average molecular weight is 420 g/mol. The van der Waals surface area contributed by atoms with Crippen molar-refractivity contribution in [1.82, 2.24) is 0 Å². The molecule has 0 unspecified atom stereocenters. The molecule has 0 atom stereocenters. The minimum absolute atomic E-state index is 0.0696. The van der Waals surface area contributed by atoms with Crippen LogP contribution in [0.1, 0.15) is 89.6 Å². The molecule has 3 rings (SSSR count). The van der Waals surface area contributed by atoms with E-state index in [1.54, 1.807) is 12.1 Å². The number of nitrogens with zero attached hydrogens (tertiary/aromatic N) is 1. The second-order valence-electron chi connectivity index (χ2n) is 8.18. The van der Waals surface area contributed by atoms with Gasteiger partial charge in [0.1, 0.15) is 11.8 Å². The van der Waals surface area contributed by atoms with E-state index in [4.69, 9.17) is 10.00 Å². The fraction of sp³-hybridized carbons (Fsp3) is 0.423. The van der Waals surface area contributed by atoms with E-state index in [-0.39, 0.29) is 16.9 Å². The highest BCUT2D eigenvalue weighted by Gasteiger charge is 2.22. The summed E-state index contributed by atoms with van der Waals surface area (Å²) in [6, 6.07) is 13.9. The van der Waals surface area contributed by atoms with Crippen molar-refractivity contribution >= 4 is 11.9 Å². The third-order valence-corrected chi connectivity index (χ3v) is 6.16. The molecule has 0 aromatic heterocycles. The van der Waals surface area contributed by atoms with Gasteiger partial charge >= 0.3 is 11.9 Å². The highest BCUT2D eigenvalue weighted by atomic mass is 16.5. The first kappa shape index (κ1) is 22.6. The number of benzene rings is 2. The van der Waals surface area contributed by atoms with Crippen LogP contribution in [0.15, 0.2) is 42.5 Å². The van der Waals surface area contributed by atoms with Gasteiger partial charge in [-0.1, -0.05) is 38.3 Å². The molecule has 5 nitrogen and oxygen atoms in total. The van der Waals surface area contributed by atoms with Gasteiger partial charge in [0.15, 0.2) is 0 Å². The summed E-state index contributed by atoms with van der Waals surface area (Å²) < 4.78 is 10.1. The molecule has 0 amide bonds. The second-order valence-corrected chi connectivity index (χ2v) is 8.18. The van der Waals surface area contributed by atoms with E-state index in [0.717, 1.165) is 5.92 Å².